The number of rotatable bonds is 5. The normalized spacial score (nSPS) is 17.6. The molecule has 2 aromatic rings. The van der Waals surface area contributed by atoms with Crippen molar-refractivity contribution in [2.24, 2.45) is 0 Å². The van der Waals surface area contributed by atoms with Crippen molar-refractivity contribution in [2.45, 2.75) is 18.9 Å². The van der Waals surface area contributed by atoms with Crippen LogP contribution in [-0.2, 0) is 20.7 Å². The summed E-state index contributed by atoms with van der Waals surface area (Å²) in [5.41, 5.74) is -0.0901. The molecule has 152 valence electrons. The number of nitrogens with one attached hydrogen (secondary N) is 1. The summed E-state index contributed by atoms with van der Waals surface area (Å²) in [6.07, 6.45) is 0.196. The predicted octanol–water partition coefficient (Wildman–Crippen LogP) is 2.60. The minimum Gasteiger partial charge on any atom is -0.493 e. The molecule has 1 N–H and O–H groups in total. The van der Waals surface area contributed by atoms with E-state index in [9.17, 15) is 14.4 Å². The molecule has 8 heteroatoms. The quantitative estimate of drug-likeness (QED) is 0.772. The third-order valence-electron chi connectivity index (χ3n) is 4.74. The van der Waals surface area contributed by atoms with Gasteiger partial charge in [-0.25, -0.2) is 9.59 Å². The number of methoxy groups -OCH3 is 3. The highest BCUT2D eigenvalue weighted by molar-refractivity contribution is 6.06. The first kappa shape index (κ1) is 20.2. The van der Waals surface area contributed by atoms with Crippen molar-refractivity contribution in [3.63, 3.8) is 0 Å². The van der Waals surface area contributed by atoms with Crippen LogP contribution >= 0.6 is 0 Å². The molecule has 0 saturated carbocycles. The topological polar surface area (TPSA) is 100 Å². The SMILES string of the molecule is COC(=O)c1cc(OC)c(OC)cc1NC(=O)C1(C)Cc2ccccc2C(=O)O1. The number of fused-ring (bicyclic) bond motifs is 1. The average molecular weight is 399 g/mol. The fourth-order valence-corrected chi connectivity index (χ4v) is 3.18. The molecule has 3 rings (SSSR count). The number of cyclic esters (lactones) is 1. The molecule has 0 bridgehead atoms. The smallest absolute Gasteiger partial charge is 0.340 e. The molecule has 1 aliphatic heterocycles. The Balaban J connectivity index is 1.96. The number of amides is 1. The largest absolute Gasteiger partial charge is 0.493 e. The van der Waals surface area contributed by atoms with Crippen LogP contribution in [0.2, 0.25) is 0 Å². The molecule has 0 aromatic heterocycles. The average Bonchev–Trinajstić information content (AvgIpc) is 2.72. The number of anilines is 1. The van der Waals surface area contributed by atoms with Gasteiger partial charge in [0, 0.05) is 18.6 Å². The molecule has 1 unspecified atom stereocenters. The zero-order valence-corrected chi connectivity index (χ0v) is 16.5. The molecule has 0 fully saturated rings. The van der Waals surface area contributed by atoms with Gasteiger partial charge in [-0.15, -0.1) is 0 Å². The van der Waals surface area contributed by atoms with Gasteiger partial charge in [0.2, 0.25) is 0 Å². The van der Waals surface area contributed by atoms with Crippen LogP contribution in [-0.4, -0.2) is 44.8 Å². The minimum atomic E-state index is -1.45. The van der Waals surface area contributed by atoms with Crippen molar-refractivity contribution in [1.29, 1.82) is 0 Å². The van der Waals surface area contributed by atoms with Crippen LogP contribution in [0, 0.1) is 0 Å². The lowest BCUT2D eigenvalue weighted by Gasteiger charge is -2.33. The maximum atomic E-state index is 13.0. The second-order valence-corrected chi connectivity index (χ2v) is 6.65. The molecule has 0 radical (unpaired) electrons. The molecule has 0 aliphatic carbocycles. The Labute approximate surface area is 167 Å². The van der Waals surface area contributed by atoms with Crippen molar-refractivity contribution in [1.82, 2.24) is 0 Å². The summed E-state index contributed by atoms with van der Waals surface area (Å²) < 4.78 is 20.7. The summed E-state index contributed by atoms with van der Waals surface area (Å²) in [6.45, 7) is 1.52. The van der Waals surface area contributed by atoms with Crippen LogP contribution in [0.4, 0.5) is 5.69 Å². The van der Waals surface area contributed by atoms with Gasteiger partial charge in [-0.3, -0.25) is 4.79 Å². The Hall–Kier alpha value is -3.55. The highest BCUT2D eigenvalue weighted by Gasteiger charge is 2.43. The third-order valence-corrected chi connectivity index (χ3v) is 4.74. The summed E-state index contributed by atoms with van der Waals surface area (Å²) in [5, 5.41) is 2.66. The number of ether oxygens (including phenoxy) is 4. The molecule has 0 spiro atoms. The van der Waals surface area contributed by atoms with E-state index in [1.54, 1.807) is 24.3 Å². The molecule has 2 aromatic carbocycles. The van der Waals surface area contributed by atoms with Gasteiger partial charge in [-0.05, 0) is 18.6 Å². The molecular weight excluding hydrogens is 378 g/mol. The molecule has 8 nitrogen and oxygen atoms in total. The molecule has 29 heavy (non-hydrogen) atoms. The fourth-order valence-electron chi connectivity index (χ4n) is 3.18. The molecule has 1 amide bonds. The van der Waals surface area contributed by atoms with Gasteiger partial charge in [0.05, 0.1) is 38.1 Å². The summed E-state index contributed by atoms with van der Waals surface area (Å²) in [4.78, 5) is 37.6. The van der Waals surface area contributed by atoms with Crippen LogP contribution in [0.3, 0.4) is 0 Å². The van der Waals surface area contributed by atoms with Crippen molar-refractivity contribution in [3.8, 4) is 11.5 Å². The van der Waals surface area contributed by atoms with Gasteiger partial charge in [-0.1, -0.05) is 18.2 Å². The van der Waals surface area contributed by atoms with E-state index < -0.39 is 23.4 Å². The van der Waals surface area contributed by atoms with Crippen molar-refractivity contribution in [3.05, 3.63) is 53.1 Å². The van der Waals surface area contributed by atoms with Gasteiger partial charge in [0.15, 0.2) is 17.1 Å². The highest BCUT2D eigenvalue weighted by Crippen LogP contribution is 2.35. The van der Waals surface area contributed by atoms with Gasteiger partial charge in [0.25, 0.3) is 5.91 Å². The van der Waals surface area contributed by atoms with Crippen LogP contribution in [0.25, 0.3) is 0 Å². The number of hydrogen-bond acceptors (Lipinski definition) is 7. The van der Waals surface area contributed by atoms with E-state index in [1.165, 1.54) is 40.4 Å². The Morgan fingerprint density at radius 3 is 2.38 bits per heavy atom. The minimum absolute atomic E-state index is 0.0737. The van der Waals surface area contributed by atoms with Crippen molar-refractivity contribution >= 4 is 23.5 Å². The fraction of sp³-hybridized carbons (Fsp3) is 0.286. The number of carbonyl (C=O) groups excluding carboxylic acids is 3. The van der Waals surface area contributed by atoms with E-state index in [0.717, 1.165) is 0 Å². The maximum absolute atomic E-state index is 13.0. The van der Waals surface area contributed by atoms with Crippen LogP contribution in [0.15, 0.2) is 36.4 Å². The Morgan fingerprint density at radius 2 is 1.72 bits per heavy atom. The van der Waals surface area contributed by atoms with Crippen molar-refractivity contribution in [2.75, 3.05) is 26.6 Å². The first-order chi connectivity index (χ1) is 13.8. The molecule has 1 aliphatic rings. The number of hydrogen-bond donors (Lipinski definition) is 1. The van der Waals surface area contributed by atoms with Gasteiger partial charge < -0.3 is 24.3 Å². The number of benzene rings is 2. The second kappa shape index (κ2) is 7.83. The second-order valence-electron chi connectivity index (χ2n) is 6.65. The van der Waals surface area contributed by atoms with Gasteiger partial charge in [-0.2, -0.15) is 0 Å². The van der Waals surface area contributed by atoms with E-state index >= 15 is 0 Å². The van der Waals surface area contributed by atoms with E-state index in [0.29, 0.717) is 22.6 Å². The summed E-state index contributed by atoms with van der Waals surface area (Å²) >= 11 is 0. The first-order valence-corrected chi connectivity index (χ1v) is 8.80. The van der Waals surface area contributed by atoms with Crippen LogP contribution in [0.5, 0.6) is 11.5 Å². The zero-order chi connectivity index (χ0) is 21.2. The van der Waals surface area contributed by atoms with E-state index in [2.05, 4.69) is 5.32 Å². The Morgan fingerprint density at radius 1 is 1.07 bits per heavy atom. The molecule has 1 heterocycles. The van der Waals surface area contributed by atoms with E-state index in [1.807, 2.05) is 0 Å². The first-order valence-electron chi connectivity index (χ1n) is 8.80. The van der Waals surface area contributed by atoms with Gasteiger partial charge >= 0.3 is 11.9 Å². The zero-order valence-electron chi connectivity index (χ0n) is 16.5. The van der Waals surface area contributed by atoms with Crippen molar-refractivity contribution < 1.29 is 33.3 Å². The molecule has 1 atom stereocenters. The summed E-state index contributed by atoms with van der Waals surface area (Å²) in [7, 11) is 4.09. The van der Waals surface area contributed by atoms with E-state index in [4.69, 9.17) is 18.9 Å². The van der Waals surface area contributed by atoms with Crippen LogP contribution < -0.4 is 14.8 Å². The highest BCUT2D eigenvalue weighted by atomic mass is 16.6. The monoisotopic (exact) mass is 399 g/mol. The lowest BCUT2D eigenvalue weighted by Crippen LogP contribution is -2.49. The standard InChI is InChI=1S/C21H21NO7/c1-21(11-12-7-5-6-8-13(12)19(24)29-21)20(25)22-15-10-17(27-3)16(26-2)9-14(15)18(23)28-4/h5-10H,11H2,1-4H3,(H,22,25). The molecular formula is C21H21NO7. The predicted molar refractivity (Wildman–Crippen MR) is 103 cm³/mol. The number of carbonyl (C=O) groups is 3. The lowest BCUT2D eigenvalue weighted by atomic mass is 9.89. The lowest BCUT2D eigenvalue weighted by molar-refractivity contribution is -0.134. The Bertz CT molecular complexity index is 985. The van der Waals surface area contributed by atoms with Gasteiger partial charge in [0.1, 0.15) is 0 Å². The van der Waals surface area contributed by atoms with Crippen LogP contribution in [0.1, 0.15) is 33.2 Å². The third kappa shape index (κ3) is 3.73. The summed E-state index contributed by atoms with van der Waals surface area (Å²) in [6, 6.07) is 9.81. The molecule has 0 saturated heterocycles. The summed E-state index contributed by atoms with van der Waals surface area (Å²) in [5.74, 6) is -1.22. The maximum Gasteiger partial charge on any atom is 0.340 e. The Kier molecular flexibility index (Phi) is 5.45. The number of esters is 2. The van der Waals surface area contributed by atoms with E-state index in [-0.39, 0.29) is 17.7 Å².